The summed E-state index contributed by atoms with van der Waals surface area (Å²) in [6, 6.07) is 12.6. The number of nitrogens with one attached hydrogen (secondary N) is 3. The number of amides is 2. The van der Waals surface area contributed by atoms with Crippen molar-refractivity contribution >= 4 is 34.2 Å². The molecule has 1 heterocycles. The Balaban J connectivity index is 1.51. The zero-order valence-corrected chi connectivity index (χ0v) is 14.9. The molecule has 1 saturated carbocycles. The fraction of sp³-hybridized carbons (Fsp3) is 0.250. The van der Waals surface area contributed by atoms with Crippen LogP contribution in [0.4, 0.5) is 11.4 Å². The highest BCUT2D eigenvalue weighted by Crippen LogP contribution is 2.30. The van der Waals surface area contributed by atoms with E-state index in [2.05, 4.69) is 15.6 Å². The first-order chi connectivity index (χ1) is 13.0. The van der Waals surface area contributed by atoms with Crippen molar-refractivity contribution in [3.63, 3.8) is 0 Å². The molecule has 0 unspecified atom stereocenters. The number of nitrogens with zero attached hydrogens (tertiary/aromatic N) is 1. The average Bonchev–Trinajstić information content (AvgIpc) is 3.44. The highest BCUT2D eigenvalue weighted by molar-refractivity contribution is 5.96. The van der Waals surface area contributed by atoms with Crippen molar-refractivity contribution < 1.29 is 9.59 Å². The Morgan fingerprint density at radius 1 is 1.15 bits per heavy atom. The topological polar surface area (TPSA) is 96.0 Å². The molecule has 2 aromatic carbocycles. The standard InChI is InChI=1S/C20H20N4O3/c1-12-6-9-14(21-19(26)13-7-8-13)10-16(12)22-18(25)11-24-17-5-3-2-4-15(17)23-20(24)27/h2-6,9-10,13H,7-8,11H2,1H3,(H,21,26)(H,22,25)(H,23,27). The van der Waals surface area contributed by atoms with Gasteiger partial charge in [-0.15, -0.1) is 0 Å². The van der Waals surface area contributed by atoms with Crippen LogP contribution < -0.4 is 16.3 Å². The molecule has 0 radical (unpaired) electrons. The summed E-state index contributed by atoms with van der Waals surface area (Å²) in [5.41, 5.74) is 3.18. The molecule has 1 aromatic heterocycles. The fourth-order valence-electron chi connectivity index (χ4n) is 3.02. The Morgan fingerprint density at radius 3 is 2.70 bits per heavy atom. The van der Waals surface area contributed by atoms with Crippen LogP contribution in [-0.2, 0) is 16.1 Å². The molecule has 0 aliphatic heterocycles. The molecule has 3 aromatic rings. The Kier molecular flexibility index (Phi) is 4.27. The summed E-state index contributed by atoms with van der Waals surface area (Å²) in [5, 5.41) is 5.71. The minimum absolute atomic E-state index is 0.0153. The van der Waals surface area contributed by atoms with Crippen molar-refractivity contribution in [3.05, 3.63) is 58.5 Å². The number of benzene rings is 2. The van der Waals surface area contributed by atoms with Crippen LogP contribution in [0.1, 0.15) is 18.4 Å². The average molecular weight is 364 g/mol. The lowest BCUT2D eigenvalue weighted by atomic mass is 10.1. The van der Waals surface area contributed by atoms with E-state index in [4.69, 9.17) is 0 Å². The van der Waals surface area contributed by atoms with Crippen LogP contribution in [0.3, 0.4) is 0 Å². The quantitative estimate of drug-likeness (QED) is 0.649. The SMILES string of the molecule is Cc1ccc(NC(=O)C2CC2)cc1NC(=O)Cn1c(=O)[nH]c2ccccc21. The number of imidazole rings is 1. The number of anilines is 2. The van der Waals surface area contributed by atoms with Crippen molar-refractivity contribution in [2.24, 2.45) is 5.92 Å². The molecular formula is C20H20N4O3. The second-order valence-electron chi connectivity index (χ2n) is 6.87. The van der Waals surface area contributed by atoms with Gasteiger partial charge in [0.15, 0.2) is 0 Å². The summed E-state index contributed by atoms with van der Waals surface area (Å²) in [5.74, 6) is -0.185. The van der Waals surface area contributed by atoms with Crippen molar-refractivity contribution in [1.29, 1.82) is 0 Å². The van der Waals surface area contributed by atoms with E-state index in [9.17, 15) is 14.4 Å². The fourth-order valence-corrected chi connectivity index (χ4v) is 3.02. The van der Waals surface area contributed by atoms with Crippen LogP contribution in [-0.4, -0.2) is 21.4 Å². The van der Waals surface area contributed by atoms with E-state index in [0.29, 0.717) is 22.4 Å². The van der Waals surface area contributed by atoms with Crippen molar-refractivity contribution in [2.45, 2.75) is 26.3 Å². The minimum Gasteiger partial charge on any atom is -0.326 e. The molecule has 0 saturated heterocycles. The van der Waals surface area contributed by atoms with E-state index >= 15 is 0 Å². The number of aromatic amines is 1. The summed E-state index contributed by atoms with van der Waals surface area (Å²) in [7, 11) is 0. The van der Waals surface area contributed by atoms with Crippen LogP contribution >= 0.6 is 0 Å². The van der Waals surface area contributed by atoms with Gasteiger partial charge in [-0.3, -0.25) is 14.2 Å². The minimum atomic E-state index is -0.325. The lowest BCUT2D eigenvalue weighted by Gasteiger charge is -2.12. The lowest BCUT2D eigenvalue weighted by Crippen LogP contribution is -2.26. The third kappa shape index (κ3) is 3.62. The number of carbonyl (C=O) groups is 2. The molecule has 1 aliphatic rings. The van der Waals surface area contributed by atoms with Crippen molar-refractivity contribution in [1.82, 2.24) is 9.55 Å². The number of hydrogen-bond acceptors (Lipinski definition) is 3. The molecule has 4 rings (SSSR count). The second kappa shape index (κ2) is 6.75. The van der Waals surface area contributed by atoms with Gasteiger partial charge in [0.05, 0.1) is 11.0 Å². The van der Waals surface area contributed by atoms with E-state index in [-0.39, 0.29) is 30.0 Å². The van der Waals surface area contributed by atoms with Crippen LogP contribution in [0.5, 0.6) is 0 Å². The zero-order chi connectivity index (χ0) is 19.0. The summed E-state index contributed by atoms with van der Waals surface area (Å²) in [6.45, 7) is 1.78. The first-order valence-corrected chi connectivity index (χ1v) is 8.90. The van der Waals surface area contributed by atoms with E-state index in [1.807, 2.05) is 31.2 Å². The van der Waals surface area contributed by atoms with E-state index in [1.165, 1.54) is 4.57 Å². The second-order valence-corrected chi connectivity index (χ2v) is 6.87. The smallest absolute Gasteiger partial charge is 0.326 e. The monoisotopic (exact) mass is 364 g/mol. The number of rotatable bonds is 5. The van der Waals surface area contributed by atoms with Crippen LogP contribution in [0.15, 0.2) is 47.3 Å². The van der Waals surface area contributed by atoms with Gasteiger partial charge in [0, 0.05) is 17.3 Å². The highest BCUT2D eigenvalue weighted by atomic mass is 16.2. The summed E-state index contributed by atoms with van der Waals surface area (Å²) in [6.07, 6.45) is 1.86. The lowest BCUT2D eigenvalue weighted by molar-refractivity contribution is -0.117. The summed E-state index contributed by atoms with van der Waals surface area (Å²) < 4.78 is 1.40. The first kappa shape index (κ1) is 17.1. The maximum atomic E-state index is 12.5. The van der Waals surface area contributed by atoms with Gasteiger partial charge in [-0.05, 0) is 49.6 Å². The molecule has 7 nitrogen and oxygen atoms in total. The number of aromatic nitrogens is 2. The van der Waals surface area contributed by atoms with Crippen LogP contribution in [0.25, 0.3) is 11.0 Å². The molecule has 27 heavy (non-hydrogen) atoms. The summed E-state index contributed by atoms with van der Waals surface area (Å²) in [4.78, 5) is 39.3. The van der Waals surface area contributed by atoms with Gasteiger partial charge in [0.2, 0.25) is 11.8 Å². The van der Waals surface area contributed by atoms with Crippen LogP contribution in [0.2, 0.25) is 0 Å². The molecule has 3 N–H and O–H groups in total. The van der Waals surface area contributed by atoms with E-state index in [0.717, 1.165) is 18.4 Å². The third-order valence-electron chi connectivity index (χ3n) is 4.71. The van der Waals surface area contributed by atoms with Gasteiger partial charge in [-0.1, -0.05) is 18.2 Å². The highest BCUT2D eigenvalue weighted by Gasteiger charge is 2.29. The van der Waals surface area contributed by atoms with Gasteiger partial charge in [0.1, 0.15) is 6.54 Å². The Morgan fingerprint density at radius 2 is 1.93 bits per heavy atom. The molecule has 2 amide bonds. The predicted molar refractivity (Wildman–Crippen MR) is 104 cm³/mol. The van der Waals surface area contributed by atoms with Crippen LogP contribution in [0, 0.1) is 12.8 Å². The van der Waals surface area contributed by atoms with Gasteiger partial charge in [-0.25, -0.2) is 4.79 Å². The van der Waals surface area contributed by atoms with Gasteiger partial charge in [0.25, 0.3) is 0 Å². The van der Waals surface area contributed by atoms with Crippen molar-refractivity contribution in [3.8, 4) is 0 Å². The van der Waals surface area contributed by atoms with Gasteiger partial charge >= 0.3 is 5.69 Å². The Labute approximate surface area is 155 Å². The molecule has 0 spiro atoms. The Bertz CT molecular complexity index is 1090. The van der Waals surface area contributed by atoms with E-state index in [1.54, 1.807) is 18.2 Å². The number of aryl methyl sites for hydroxylation is 1. The molecule has 0 bridgehead atoms. The zero-order valence-electron chi connectivity index (χ0n) is 14.9. The van der Waals surface area contributed by atoms with Gasteiger partial charge in [-0.2, -0.15) is 0 Å². The summed E-state index contributed by atoms with van der Waals surface area (Å²) >= 11 is 0. The molecule has 7 heteroatoms. The number of hydrogen-bond donors (Lipinski definition) is 3. The van der Waals surface area contributed by atoms with E-state index < -0.39 is 0 Å². The Hall–Kier alpha value is -3.35. The molecule has 0 atom stereocenters. The number of para-hydroxylation sites is 2. The number of fused-ring (bicyclic) bond motifs is 1. The molecule has 1 fully saturated rings. The molecule has 138 valence electrons. The largest absolute Gasteiger partial charge is 0.326 e. The van der Waals surface area contributed by atoms with Crippen molar-refractivity contribution in [2.75, 3.05) is 10.6 Å². The maximum Gasteiger partial charge on any atom is 0.326 e. The van der Waals surface area contributed by atoms with Gasteiger partial charge < -0.3 is 15.6 Å². The first-order valence-electron chi connectivity index (χ1n) is 8.90. The number of carbonyl (C=O) groups excluding carboxylic acids is 2. The maximum absolute atomic E-state index is 12.5. The molecular weight excluding hydrogens is 344 g/mol. The predicted octanol–water partition coefficient (Wildman–Crippen LogP) is 2.63. The molecule has 1 aliphatic carbocycles. The number of H-pyrrole nitrogens is 1. The third-order valence-corrected chi connectivity index (χ3v) is 4.71. The normalized spacial score (nSPS) is 13.5.